The molecule has 1 amide bonds. The Morgan fingerprint density at radius 2 is 1.91 bits per heavy atom. The van der Waals surface area contributed by atoms with E-state index in [1.54, 1.807) is 43.3 Å². The normalized spacial score (nSPS) is 10.6. The van der Waals surface area contributed by atoms with E-state index in [1.807, 2.05) is 24.4 Å². The van der Waals surface area contributed by atoms with Gasteiger partial charge in [-0.2, -0.15) is 0 Å². The van der Waals surface area contributed by atoms with Crippen molar-refractivity contribution in [2.75, 3.05) is 11.9 Å². The summed E-state index contributed by atoms with van der Waals surface area (Å²) in [6.07, 6.45) is 2.45. The van der Waals surface area contributed by atoms with Gasteiger partial charge in [-0.1, -0.05) is 6.08 Å². The van der Waals surface area contributed by atoms with Crippen molar-refractivity contribution in [3.8, 4) is 28.7 Å². The fourth-order valence-electron chi connectivity index (χ4n) is 2.90. The lowest BCUT2D eigenvalue weighted by Crippen LogP contribution is -2.12. The van der Waals surface area contributed by atoms with Crippen LogP contribution in [0.5, 0.6) is 17.2 Å². The highest BCUT2D eigenvalue weighted by atomic mass is 32.1. The molecular weight excluding hydrogens is 440 g/mol. The molecule has 0 aliphatic carbocycles. The molecule has 4 aromatic rings. The van der Waals surface area contributed by atoms with Gasteiger partial charge in [0.25, 0.3) is 5.91 Å². The second kappa shape index (κ2) is 10.1. The van der Waals surface area contributed by atoms with Gasteiger partial charge in [0.2, 0.25) is 11.8 Å². The summed E-state index contributed by atoms with van der Waals surface area (Å²) in [5.74, 6) is 2.21. The maximum absolute atomic E-state index is 12.8. The lowest BCUT2D eigenvalue weighted by atomic mass is 10.2. The van der Waals surface area contributed by atoms with Crippen LogP contribution in [-0.2, 0) is 0 Å². The van der Waals surface area contributed by atoms with E-state index in [0.717, 1.165) is 11.3 Å². The Balaban J connectivity index is 1.55. The molecule has 0 unspecified atom stereocenters. The van der Waals surface area contributed by atoms with E-state index in [1.165, 1.54) is 11.3 Å². The third-order valence-electron chi connectivity index (χ3n) is 4.44. The molecule has 0 aliphatic heterocycles. The van der Waals surface area contributed by atoms with Crippen molar-refractivity contribution in [2.45, 2.75) is 20.3 Å². The number of aryl methyl sites for hydroxylation is 2. The number of anilines is 1. The number of nitrogens with one attached hydrogen (secondary N) is 1. The summed E-state index contributed by atoms with van der Waals surface area (Å²) in [7, 11) is 0. The summed E-state index contributed by atoms with van der Waals surface area (Å²) < 4.78 is 17.2. The molecule has 33 heavy (non-hydrogen) atoms. The molecule has 2 aromatic heterocycles. The van der Waals surface area contributed by atoms with E-state index in [2.05, 4.69) is 27.1 Å². The van der Waals surface area contributed by atoms with Crippen LogP contribution in [0, 0.1) is 13.8 Å². The number of ether oxygens (including phenoxy) is 2. The topological polar surface area (TPSA) is 99.4 Å². The second-order valence-corrected chi connectivity index (χ2v) is 7.98. The Kier molecular flexibility index (Phi) is 6.80. The highest BCUT2D eigenvalue weighted by molar-refractivity contribution is 7.13. The largest absolute Gasteiger partial charge is 0.493 e. The molecular formula is C24H22N4O4S. The summed E-state index contributed by atoms with van der Waals surface area (Å²) in [6.45, 7) is 7.75. The van der Waals surface area contributed by atoms with Gasteiger partial charge in [-0.05, 0) is 49.7 Å². The first-order valence-corrected chi connectivity index (χ1v) is 11.1. The first kappa shape index (κ1) is 22.2. The number of hydrogen-bond acceptors (Lipinski definition) is 8. The number of hydrogen-bond donors (Lipinski definition) is 1. The van der Waals surface area contributed by atoms with E-state index in [9.17, 15) is 4.79 Å². The van der Waals surface area contributed by atoms with Crippen LogP contribution in [0.1, 0.15) is 28.4 Å². The van der Waals surface area contributed by atoms with Crippen LogP contribution in [0.25, 0.3) is 11.5 Å². The van der Waals surface area contributed by atoms with Crippen molar-refractivity contribution < 1.29 is 18.7 Å². The standard InChI is InChI=1S/C24H22N4O4S/c1-4-5-10-30-20-11-18(22(29)26-24-25-15(2)14-33-24)12-21(13-20)32-19-8-6-17(7-9-19)23-28-27-16(3)31-23/h4,6-9,11-14H,1,5,10H2,2-3H3,(H,25,26,29). The van der Waals surface area contributed by atoms with Crippen LogP contribution in [0.2, 0.25) is 0 Å². The highest BCUT2D eigenvalue weighted by Gasteiger charge is 2.13. The molecule has 4 rings (SSSR count). The van der Waals surface area contributed by atoms with Crippen LogP contribution in [-0.4, -0.2) is 27.7 Å². The van der Waals surface area contributed by atoms with Gasteiger partial charge >= 0.3 is 0 Å². The van der Waals surface area contributed by atoms with E-state index in [-0.39, 0.29) is 5.91 Å². The van der Waals surface area contributed by atoms with Gasteiger partial charge in [-0.3, -0.25) is 10.1 Å². The lowest BCUT2D eigenvalue weighted by molar-refractivity contribution is 0.102. The average Bonchev–Trinajstić information content (AvgIpc) is 3.42. The minimum atomic E-state index is -0.300. The van der Waals surface area contributed by atoms with E-state index in [0.29, 0.717) is 52.8 Å². The van der Waals surface area contributed by atoms with E-state index >= 15 is 0 Å². The van der Waals surface area contributed by atoms with Gasteiger partial charge in [-0.25, -0.2) is 4.98 Å². The van der Waals surface area contributed by atoms with Crippen LogP contribution in [0.3, 0.4) is 0 Å². The fraction of sp³-hybridized carbons (Fsp3) is 0.167. The Hall–Kier alpha value is -3.98. The molecule has 8 nitrogen and oxygen atoms in total. The minimum absolute atomic E-state index is 0.300. The number of benzene rings is 2. The number of amides is 1. The number of rotatable bonds is 9. The summed E-state index contributed by atoms with van der Waals surface area (Å²) >= 11 is 1.37. The number of aromatic nitrogens is 3. The molecule has 0 bridgehead atoms. The quantitative estimate of drug-likeness (QED) is 0.247. The van der Waals surface area contributed by atoms with E-state index in [4.69, 9.17) is 13.9 Å². The summed E-state index contributed by atoms with van der Waals surface area (Å²) in [4.78, 5) is 17.1. The lowest BCUT2D eigenvalue weighted by Gasteiger charge is -2.12. The van der Waals surface area contributed by atoms with Crippen LogP contribution in [0.4, 0.5) is 5.13 Å². The molecule has 0 aliphatic rings. The van der Waals surface area contributed by atoms with Gasteiger partial charge in [-0.15, -0.1) is 28.1 Å². The van der Waals surface area contributed by atoms with Crippen LogP contribution < -0.4 is 14.8 Å². The smallest absolute Gasteiger partial charge is 0.257 e. The number of carbonyl (C=O) groups is 1. The van der Waals surface area contributed by atoms with Crippen molar-refractivity contribution in [1.29, 1.82) is 0 Å². The van der Waals surface area contributed by atoms with Gasteiger partial charge < -0.3 is 13.9 Å². The molecule has 1 N–H and O–H groups in total. The Labute approximate surface area is 194 Å². The minimum Gasteiger partial charge on any atom is -0.493 e. The maximum Gasteiger partial charge on any atom is 0.257 e. The Bertz CT molecular complexity index is 1260. The molecule has 0 spiro atoms. The molecule has 0 saturated carbocycles. The van der Waals surface area contributed by atoms with Crippen molar-refractivity contribution >= 4 is 22.4 Å². The third kappa shape index (κ3) is 5.83. The first-order valence-electron chi connectivity index (χ1n) is 10.2. The molecule has 9 heteroatoms. The summed E-state index contributed by atoms with van der Waals surface area (Å²) in [5, 5.41) is 13.1. The zero-order valence-corrected chi connectivity index (χ0v) is 19.0. The molecule has 0 saturated heterocycles. The number of thiazole rings is 1. The van der Waals surface area contributed by atoms with Gasteiger partial charge in [0, 0.05) is 29.5 Å². The van der Waals surface area contributed by atoms with Crippen LogP contribution >= 0.6 is 11.3 Å². The second-order valence-electron chi connectivity index (χ2n) is 7.12. The zero-order chi connectivity index (χ0) is 23.2. The van der Waals surface area contributed by atoms with Crippen molar-refractivity contribution in [3.05, 3.63) is 77.6 Å². The SMILES string of the molecule is C=CCCOc1cc(Oc2ccc(-c3nnc(C)o3)cc2)cc(C(=O)Nc2nc(C)cs2)c1. The monoisotopic (exact) mass is 462 g/mol. The molecule has 0 radical (unpaired) electrons. The predicted molar refractivity (Wildman–Crippen MR) is 126 cm³/mol. The first-order chi connectivity index (χ1) is 16.0. The molecule has 2 aromatic carbocycles. The van der Waals surface area contributed by atoms with Crippen molar-refractivity contribution in [2.24, 2.45) is 0 Å². The Morgan fingerprint density at radius 3 is 2.58 bits per heavy atom. The summed E-state index contributed by atoms with van der Waals surface area (Å²) in [5.41, 5.74) is 2.02. The van der Waals surface area contributed by atoms with Gasteiger partial charge in [0.05, 0.1) is 12.3 Å². The number of nitrogens with zero attached hydrogens (tertiary/aromatic N) is 3. The fourth-order valence-corrected chi connectivity index (χ4v) is 3.58. The Morgan fingerprint density at radius 1 is 1.12 bits per heavy atom. The van der Waals surface area contributed by atoms with Crippen molar-refractivity contribution in [3.63, 3.8) is 0 Å². The summed E-state index contributed by atoms with van der Waals surface area (Å²) in [6, 6.07) is 12.3. The zero-order valence-electron chi connectivity index (χ0n) is 18.2. The van der Waals surface area contributed by atoms with Gasteiger partial charge in [0.1, 0.15) is 17.2 Å². The van der Waals surface area contributed by atoms with E-state index < -0.39 is 0 Å². The maximum atomic E-state index is 12.8. The average molecular weight is 463 g/mol. The molecule has 2 heterocycles. The highest BCUT2D eigenvalue weighted by Crippen LogP contribution is 2.30. The van der Waals surface area contributed by atoms with Crippen molar-refractivity contribution in [1.82, 2.24) is 15.2 Å². The van der Waals surface area contributed by atoms with Gasteiger partial charge in [0.15, 0.2) is 5.13 Å². The molecule has 0 fully saturated rings. The predicted octanol–water partition coefficient (Wildman–Crippen LogP) is 5.81. The molecule has 0 atom stereocenters. The number of carbonyl (C=O) groups excluding carboxylic acids is 1. The van der Waals surface area contributed by atoms with Crippen LogP contribution in [0.15, 0.2) is 64.9 Å². The third-order valence-corrected chi connectivity index (χ3v) is 5.31. The molecule has 168 valence electrons.